The number of nitrogens with zero attached hydrogens (tertiary/aromatic N) is 3. The molecule has 1 aliphatic carbocycles. The van der Waals surface area contributed by atoms with Crippen LogP contribution in [0.25, 0.3) is 0 Å². The van der Waals surface area contributed by atoms with Gasteiger partial charge >= 0.3 is 0 Å². The van der Waals surface area contributed by atoms with Crippen molar-refractivity contribution in [2.75, 3.05) is 16.8 Å². The zero-order chi connectivity index (χ0) is 11.5. The van der Waals surface area contributed by atoms with E-state index in [0.717, 1.165) is 23.4 Å². The molecule has 0 atom stereocenters. The Bertz CT molecular complexity index is 350. The lowest BCUT2D eigenvalue weighted by Gasteiger charge is -2.22. The maximum Gasteiger partial charge on any atom is 0.132 e. The van der Waals surface area contributed by atoms with Gasteiger partial charge in [0.05, 0.1) is 0 Å². The highest BCUT2D eigenvalue weighted by Crippen LogP contribution is 2.31. The van der Waals surface area contributed by atoms with Crippen molar-refractivity contribution in [1.29, 1.82) is 0 Å². The van der Waals surface area contributed by atoms with Gasteiger partial charge < -0.3 is 4.90 Å². The van der Waals surface area contributed by atoms with Crippen molar-refractivity contribution in [3.05, 3.63) is 18.1 Å². The molecule has 0 aromatic carbocycles. The predicted molar refractivity (Wildman–Crippen MR) is 70.3 cm³/mol. The minimum absolute atomic E-state index is 0.465. The monoisotopic (exact) mass is 283 g/mol. The van der Waals surface area contributed by atoms with Crippen LogP contribution in [0.5, 0.6) is 0 Å². The van der Waals surface area contributed by atoms with E-state index in [-0.39, 0.29) is 0 Å². The highest BCUT2D eigenvalue weighted by Gasteiger charge is 2.29. The minimum atomic E-state index is 0.465. The summed E-state index contributed by atoms with van der Waals surface area (Å²) in [4.78, 5) is 11.1. The molecular formula is C12H18BrN3. The summed E-state index contributed by atoms with van der Waals surface area (Å²) in [6.45, 7) is 5.36. The average Bonchev–Trinajstić information content (AvgIpc) is 3.10. The van der Waals surface area contributed by atoms with Crippen molar-refractivity contribution < 1.29 is 0 Å². The van der Waals surface area contributed by atoms with Gasteiger partial charge in [0.1, 0.15) is 12.1 Å². The number of rotatable bonds is 5. The van der Waals surface area contributed by atoms with Crippen LogP contribution in [0.3, 0.4) is 0 Å². The van der Waals surface area contributed by atoms with E-state index in [1.54, 1.807) is 6.33 Å². The summed E-state index contributed by atoms with van der Waals surface area (Å²) < 4.78 is 0. The van der Waals surface area contributed by atoms with Gasteiger partial charge in [0.25, 0.3) is 0 Å². The number of hydrogen-bond acceptors (Lipinski definition) is 3. The molecule has 1 aliphatic rings. The first-order valence-electron chi connectivity index (χ1n) is 5.87. The second-order valence-electron chi connectivity index (χ2n) is 4.57. The Hall–Kier alpha value is -0.640. The summed E-state index contributed by atoms with van der Waals surface area (Å²) in [5, 5.41) is 0.991. The van der Waals surface area contributed by atoms with Crippen LogP contribution in [0, 0.1) is 0 Å². The van der Waals surface area contributed by atoms with Crippen molar-refractivity contribution in [1.82, 2.24) is 9.97 Å². The molecular weight excluding hydrogens is 266 g/mol. The van der Waals surface area contributed by atoms with Gasteiger partial charge in [-0.25, -0.2) is 9.97 Å². The third-order valence-corrected chi connectivity index (χ3v) is 3.23. The smallest absolute Gasteiger partial charge is 0.132 e. The van der Waals surface area contributed by atoms with Gasteiger partial charge in [0, 0.05) is 29.7 Å². The van der Waals surface area contributed by atoms with E-state index >= 15 is 0 Å². The molecule has 1 aromatic heterocycles. The number of anilines is 1. The van der Waals surface area contributed by atoms with Gasteiger partial charge in [-0.2, -0.15) is 0 Å². The zero-order valence-corrected chi connectivity index (χ0v) is 11.4. The van der Waals surface area contributed by atoms with Crippen molar-refractivity contribution in [2.24, 2.45) is 0 Å². The molecule has 88 valence electrons. The first-order valence-corrected chi connectivity index (χ1v) is 6.99. The molecule has 1 saturated carbocycles. The third kappa shape index (κ3) is 2.73. The quantitative estimate of drug-likeness (QED) is 0.778. The highest BCUT2D eigenvalue weighted by molar-refractivity contribution is 9.09. The normalized spacial score (nSPS) is 15.5. The summed E-state index contributed by atoms with van der Waals surface area (Å²) in [6.07, 6.45) is 4.29. The van der Waals surface area contributed by atoms with E-state index in [4.69, 9.17) is 0 Å². The van der Waals surface area contributed by atoms with E-state index in [0.29, 0.717) is 12.0 Å². The van der Waals surface area contributed by atoms with Crippen LogP contribution < -0.4 is 4.90 Å². The number of aromatic nitrogens is 2. The van der Waals surface area contributed by atoms with Gasteiger partial charge in [0.15, 0.2) is 0 Å². The van der Waals surface area contributed by atoms with Crippen molar-refractivity contribution >= 4 is 21.7 Å². The molecule has 0 amide bonds. The largest absolute Gasteiger partial charge is 0.353 e. The second kappa shape index (κ2) is 5.13. The maximum absolute atomic E-state index is 4.40. The lowest BCUT2D eigenvalue weighted by molar-refractivity contribution is 0.781. The van der Waals surface area contributed by atoms with Gasteiger partial charge in [-0.15, -0.1) is 0 Å². The Balaban J connectivity index is 2.19. The summed E-state index contributed by atoms with van der Waals surface area (Å²) >= 11 is 3.51. The molecule has 0 radical (unpaired) electrons. The molecule has 4 heteroatoms. The summed E-state index contributed by atoms with van der Waals surface area (Å²) in [5.74, 6) is 1.55. The van der Waals surface area contributed by atoms with Gasteiger partial charge in [-0.05, 0) is 18.8 Å². The molecule has 2 rings (SSSR count). The summed E-state index contributed by atoms with van der Waals surface area (Å²) in [6, 6.07) is 2.83. The topological polar surface area (TPSA) is 29.0 Å². The average molecular weight is 284 g/mol. The molecule has 0 N–H and O–H groups in total. The SMILES string of the molecule is CC(C)c1cc(N(CCBr)C2CC2)ncn1. The molecule has 16 heavy (non-hydrogen) atoms. The molecule has 0 saturated heterocycles. The summed E-state index contributed by atoms with van der Waals surface area (Å²) in [7, 11) is 0. The maximum atomic E-state index is 4.40. The lowest BCUT2D eigenvalue weighted by Crippen LogP contribution is -2.28. The van der Waals surface area contributed by atoms with Crippen LogP contribution in [0.4, 0.5) is 5.82 Å². The Morgan fingerprint density at radius 2 is 2.19 bits per heavy atom. The van der Waals surface area contributed by atoms with Crippen LogP contribution in [-0.4, -0.2) is 27.9 Å². The standard InChI is InChI=1S/C12H18BrN3/c1-9(2)11-7-12(15-8-14-11)16(6-5-13)10-3-4-10/h7-10H,3-6H2,1-2H3. The van der Waals surface area contributed by atoms with E-state index in [9.17, 15) is 0 Å². The fraction of sp³-hybridized carbons (Fsp3) is 0.667. The van der Waals surface area contributed by atoms with Gasteiger partial charge in [-0.1, -0.05) is 29.8 Å². The van der Waals surface area contributed by atoms with Crippen molar-refractivity contribution in [3.8, 4) is 0 Å². The zero-order valence-electron chi connectivity index (χ0n) is 9.86. The lowest BCUT2D eigenvalue weighted by atomic mass is 10.1. The van der Waals surface area contributed by atoms with Gasteiger partial charge in [-0.3, -0.25) is 0 Å². The number of alkyl halides is 1. The van der Waals surface area contributed by atoms with Crippen LogP contribution in [-0.2, 0) is 0 Å². The molecule has 0 aliphatic heterocycles. The van der Waals surface area contributed by atoms with Crippen LogP contribution >= 0.6 is 15.9 Å². The molecule has 1 heterocycles. The second-order valence-corrected chi connectivity index (χ2v) is 5.36. The molecule has 0 bridgehead atoms. The number of hydrogen-bond donors (Lipinski definition) is 0. The first-order chi connectivity index (χ1) is 7.72. The summed E-state index contributed by atoms with van der Waals surface area (Å²) in [5.41, 5.74) is 1.13. The van der Waals surface area contributed by atoms with Crippen LogP contribution in [0.15, 0.2) is 12.4 Å². The fourth-order valence-electron chi connectivity index (χ4n) is 1.80. The highest BCUT2D eigenvalue weighted by atomic mass is 79.9. The van der Waals surface area contributed by atoms with E-state index in [1.165, 1.54) is 12.8 Å². The predicted octanol–water partition coefficient (Wildman–Crippen LogP) is 2.96. The Morgan fingerprint density at radius 3 is 2.75 bits per heavy atom. The van der Waals surface area contributed by atoms with E-state index in [2.05, 4.69) is 50.7 Å². The van der Waals surface area contributed by atoms with E-state index in [1.807, 2.05) is 0 Å². The molecule has 1 aromatic rings. The Labute approximate surface area is 105 Å². The third-order valence-electron chi connectivity index (χ3n) is 2.87. The molecule has 0 unspecified atom stereocenters. The van der Waals surface area contributed by atoms with Gasteiger partial charge in [0.2, 0.25) is 0 Å². The van der Waals surface area contributed by atoms with Crippen LogP contribution in [0.2, 0.25) is 0 Å². The number of halogens is 1. The van der Waals surface area contributed by atoms with E-state index < -0.39 is 0 Å². The Kier molecular flexibility index (Phi) is 3.79. The molecule has 1 fully saturated rings. The molecule has 3 nitrogen and oxygen atoms in total. The fourth-order valence-corrected chi connectivity index (χ4v) is 2.18. The molecule has 0 spiro atoms. The Morgan fingerprint density at radius 1 is 1.44 bits per heavy atom. The van der Waals surface area contributed by atoms with Crippen molar-refractivity contribution in [3.63, 3.8) is 0 Å². The minimum Gasteiger partial charge on any atom is -0.353 e. The first kappa shape index (κ1) is 11.8. The van der Waals surface area contributed by atoms with Crippen LogP contribution in [0.1, 0.15) is 38.3 Å². The van der Waals surface area contributed by atoms with Crippen molar-refractivity contribution in [2.45, 2.75) is 38.6 Å².